The first-order valence-corrected chi connectivity index (χ1v) is 5.92. The topological polar surface area (TPSA) is 83.7 Å². The molecule has 0 atom stereocenters. The number of nitrogens with zero attached hydrogens (tertiary/aromatic N) is 4. The van der Waals surface area contributed by atoms with Crippen molar-refractivity contribution in [3.05, 3.63) is 17.2 Å². The number of fused-ring (bicyclic) bond motifs is 1. The Morgan fingerprint density at radius 2 is 2.31 bits per heavy atom. The van der Waals surface area contributed by atoms with Crippen molar-refractivity contribution < 1.29 is 0 Å². The summed E-state index contributed by atoms with van der Waals surface area (Å²) < 4.78 is 0. The third-order valence-electron chi connectivity index (χ3n) is 2.65. The number of rotatable bonds is 1. The van der Waals surface area contributed by atoms with Crippen molar-refractivity contribution in [2.24, 2.45) is 0 Å². The fourth-order valence-electron chi connectivity index (χ4n) is 1.95. The van der Waals surface area contributed by atoms with Gasteiger partial charge in [0, 0.05) is 13.0 Å². The summed E-state index contributed by atoms with van der Waals surface area (Å²) in [6, 6.07) is 0. The van der Waals surface area contributed by atoms with Crippen molar-refractivity contribution in [3.8, 4) is 0 Å². The molecule has 2 aromatic heterocycles. The normalized spacial score (nSPS) is 15.2. The lowest BCUT2D eigenvalue weighted by Crippen LogP contribution is -2.30. The van der Waals surface area contributed by atoms with Gasteiger partial charge >= 0.3 is 0 Å². The fraction of sp³-hybridized carbons (Fsp3) is 0.444. The summed E-state index contributed by atoms with van der Waals surface area (Å²) in [6.45, 7) is 3.71. The molecule has 3 N–H and O–H groups in total. The Hall–Kier alpha value is -1.63. The van der Waals surface area contributed by atoms with Crippen LogP contribution in [0.3, 0.4) is 0 Å². The molecule has 0 bridgehead atoms. The molecule has 84 valence electrons. The van der Waals surface area contributed by atoms with Gasteiger partial charge in [-0.3, -0.25) is 0 Å². The van der Waals surface area contributed by atoms with Gasteiger partial charge in [-0.1, -0.05) is 11.3 Å². The molecule has 1 aliphatic rings. The van der Waals surface area contributed by atoms with E-state index in [1.807, 2.05) is 6.92 Å². The highest BCUT2D eigenvalue weighted by Crippen LogP contribution is 2.26. The fourth-order valence-corrected chi connectivity index (χ4v) is 2.59. The molecule has 3 rings (SSSR count). The van der Waals surface area contributed by atoms with E-state index in [-0.39, 0.29) is 0 Å². The number of H-pyrrole nitrogens is 1. The number of nitrogen functional groups attached to an aromatic ring is 1. The van der Waals surface area contributed by atoms with E-state index in [1.54, 1.807) is 0 Å². The summed E-state index contributed by atoms with van der Waals surface area (Å²) in [5, 5.41) is 9.29. The number of nitrogens with one attached hydrogen (secondary N) is 1. The minimum absolute atomic E-state index is 0.515. The zero-order chi connectivity index (χ0) is 11.1. The molecule has 1 aliphatic heterocycles. The molecule has 16 heavy (non-hydrogen) atoms. The summed E-state index contributed by atoms with van der Waals surface area (Å²) in [7, 11) is 0. The van der Waals surface area contributed by atoms with Crippen molar-refractivity contribution in [2.75, 3.05) is 17.2 Å². The largest absolute Gasteiger partial charge is 0.374 e. The summed E-state index contributed by atoms with van der Waals surface area (Å²) in [6.07, 6.45) is 0.944. The number of nitrogens with two attached hydrogens (primary N) is 1. The van der Waals surface area contributed by atoms with E-state index in [0.29, 0.717) is 5.13 Å². The maximum Gasteiger partial charge on any atom is 0.210 e. The average Bonchev–Trinajstić information content (AvgIpc) is 2.81. The van der Waals surface area contributed by atoms with E-state index in [4.69, 9.17) is 5.73 Å². The molecule has 0 unspecified atom stereocenters. The zero-order valence-corrected chi connectivity index (χ0v) is 9.71. The predicted molar refractivity (Wildman–Crippen MR) is 62.4 cm³/mol. The lowest BCUT2D eigenvalue weighted by Gasteiger charge is -2.24. The van der Waals surface area contributed by atoms with Crippen LogP contribution in [-0.2, 0) is 13.0 Å². The zero-order valence-electron chi connectivity index (χ0n) is 8.90. The predicted octanol–water partition coefficient (Wildman–Crippen LogP) is 0.715. The van der Waals surface area contributed by atoms with Crippen molar-refractivity contribution in [1.82, 2.24) is 20.2 Å². The molecule has 7 heteroatoms. The third kappa shape index (κ3) is 1.53. The number of hydrogen-bond acceptors (Lipinski definition) is 6. The van der Waals surface area contributed by atoms with Crippen LogP contribution in [0.1, 0.15) is 17.2 Å². The van der Waals surface area contributed by atoms with Crippen LogP contribution < -0.4 is 10.6 Å². The number of aromatic amines is 1. The first kappa shape index (κ1) is 9.59. The Balaban J connectivity index is 1.87. The Kier molecular flexibility index (Phi) is 2.06. The summed E-state index contributed by atoms with van der Waals surface area (Å²) in [5.74, 6) is 0.976. The van der Waals surface area contributed by atoms with Gasteiger partial charge in [-0.05, 0) is 6.92 Å². The molecule has 0 radical (unpaired) electrons. The monoisotopic (exact) mass is 236 g/mol. The van der Waals surface area contributed by atoms with Gasteiger partial charge in [-0.2, -0.15) is 0 Å². The van der Waals surface area contributed by atoms with Gasteiger partial charge in [0.1, 0.15) is 5.82 Å². The smallest absolute Gasteiger partial charge is 0.210 e. The van der Waals surface area contributed by atoms with E-state index < -0.39 is 0 Å². The van der Waals surface area contributed by atoms with E-state index in [2.05, 4.69) is 25.1 Å². The second-order valence-electron chi connectivity index (χ2n) is 3.84. The molecule has 0 saturated carbocycles. The third-order valence-corrected chi connectivity index (χ3v) is 3.46. The second kappa shape index (κ2) is 3.44. The van der Waals surface area contributed by atoms with E-state index >= 15 is 0 Å². The molecule has 3 heterocycles. The number of aromatic nitrogens is 4. The Bertz CT molecular complexity index is 516. The highest BCUT2D eigenvalue weighted by Gasteiger charge is 2.21. The molecule has 6 nitrogen and oxygen atoms in total. The first-order valence-electron chi connectivity index (χ1n) is 5.10. The van der Waals surface area contributed by atoms with E-state index in [9.17, 15) is 0 Å². The molecular weight excluding hydrogens is 224 g/mol. The van der Waals surface area contributed by atoms with E-state index in [0.717, 1.165) is 30.5 Å². The minimum atomic E-state index is 0.515. The molecule has 0 saturated heterocycles. The van der Waals surface area contributed by atoms with Gasteiger partial charge in [0.05, 0.1) is 17.9 Å². The molecule has 0 spiro atoms. The SMILES string of the molecule is Cc1nc2c([nH]1)CN(c1nnc(N)s1)CC2. The molecule has 0 fully saturated rings. The van der Waals surface area contributed by atoms with Crippen molar-refractivity contribution >= 4 is 21.6 Å². The van der Waals surface area contributed by atoms with Gasteiger partial charge in [0.2, 0.25) is 10.3 Å². The van der Waals surface area contributed by atoms with Crippen LogP contribution in [0.25, 0.3) is 0 Å². The van der Waals surface area contributed by atoms with Gasteiger partial charge < -0.3 is 15.6 Å². The lowest BCUT2D eigenvalue weighted by atomic mass is 10.1. The number of anilines is 2. The quantitative estimate of drug-likeness (QED) is 0.762. The molecule has 0 aromatic carbocycles. The van der Waals surface area contributed by atoms with Crippen molar-refractivity contribution in [1.29, 1.82) is 0 Å². The average molecular weight is 236 g/mol. The summed E-state index contributed by atoms with van der Waals surface area (Å²) in [5.41, 5.74) is 7.93. The second-order valence-corrected chi connectivity index (χ2v) is 4.83. The maximum atomic E-state index is 5.58. The van der Waals surface area contributed by atoms with Gasteiger partial charge in [0.25, 0.3) is 0 Å². The highest BCUT2D eigenvalue weighted by atomic mass is 32.1. The maximum absolute atomic E-state index is 5.58. The van der Waals surface area contributed by atoms with Crippen LogP contribution in [-0.4, -0.2) is 26.7 Å². The summed E-state index contributed by atoms with van der Waals surface area (Å²) in [4.78, 5) is 9.90. The standard InChI is InChI=1S/C9H12N6S/c1-5-11-6-2-3-15(4-7(6)12-5)9-14-13-8(10)16-9/h2-4H2,1H3,(H2,10,13)(H,11,12). The molecule has 2 aromatic rings. The molecule has 0 amide bonds. The highest BCUT2D eigenvalue weighted by molar-refractivity contribution is 7.18. The molecule has 0 aliphatic carbocycles. The van der Waals surface area contributed by atoms with Crippen molar-refractivity contribution in [2.45, 2.75) is 19.9 Å². The Labute approximate surface area is 96.5 Å². The van der Waals surface area contributed by atoms with Gasteiger partial charge in [-0.25, -0.2) is 4.98 Å². The van der Waals surface area contributed by atoms with Gasteiger partial charge in [0.15, 0.2) is 0 Å². The van der Waals surface area contributed by atoms with Crippen molar-refractivity contribution in [3.63, 3.8) is 0 Å². The lowest BCUT2D eigenvalue weighted by molar-refractivity contribution is 0.704. The van der Waals surface area contributed by atoms with E-state index in [1.165, 1.54) is 22.7 Å². The molecular formula is C9H12N6S. The van der Waals surface area contributed by atoms with Crippen LogP contribution in [0.4, 0.5) is 10.3 Å². The van der Waals surface area contributed by atoms with Crippen LogP contribution in [0, 0.1) is 6.92 Å². The van der Waals surface area contributed by atoms with Crippen LogP contribution in [0.15, 0.2) is 0 Å². The summed E-state index contributed by atoms with van der Waals surface area (Å²) >= 11 is 1.42. The number of aryl methyl sites for hydroxylation is 1. The number of imidazole rings is 1. The first-order chi connectivity index (χ1) is 7.72. The van der Waals surface area contributed by atoms with Crippen LogP contribution in [0.5, 0.6) is 0 Å². The van der Waals surface area contributed by atoms with Crippen LogP contribution in [0.2, 0.25) is 0 Å². The van der Waals surface area contributed by atoms with Crippen LogP contribution >= 0.6 is 11.3 Å². The number of hydrogen-bond donors (Lipinski definition) is 2. The Morgan fingerprint density at radius 3 is 3.06 bits per heavy atom. The minimum Gasteiger partial charge on any atom is -0.374 e. The Morgan fingerprint density at radius 1 is 1.44 bits per heavy atom. The van der Waals surface area contributed by atoms with Gasteiger partial charge in [-0.15, -0.1) is 10.2 Å².